The highest BCUT2D eigenvalue weighted by molar-refractivity contribution is 5.97. The Hall–Kier alpha value is -3.35. The summed E-state index contributed by atoms with van der Waals surface area (Å²) in [6.07, 6.45) is 0.0119. The molecule has 0 radical (unpaired) electrons. The number of anilines is 1. The van der Waals surface area contributed by atoms with E-state index in [1.54, 1.807) is 24.3 Å². The lowest BCUT2D eigenvalue weighted by molar-refractivity contribution is -0.116. The third-order valence-electron chi connectivity index (χ3n) is 3.91. The Morgan fingerprint density at radius 1 is 1.08 bits per heavy atom. The van der Waals surface area contributed by atoms with Crippen molar-refractivity contribution >= 4 is 23.5 Å². The molecule has 0 aliphatic carbocycles. The van der Waals surface area contributed by atoms with Crippen LogP contribution in [0.25, 0.3) is 0 Å². The molecule has 0 saturated carbocycles. The van der Waals surface area contributed by atoms with Crippen molar-refractivity contribution in [3.05, 3.63) is 65.2 Å². The number of carbonyl (C=O) groups is 3. The second-order valence-electron chi connectivity index (χ2n) is 5.83. The highest BCUT2D eigenvalue weighted by atomic mass is 16.2. The molecular formula is C19H22N4O3. The standard InChI is InChI=1S/C19H22N4O3/c1-12-6-3-4-9-15(12)16(23-19(20)26)11-17(24)22-14-8-5-7-13(10-14)18(25)21-2/h3-10,16H,11H2,1-2H3,(H,21,25)(H,22,24)(H3,20,23,26). The number of urea groups is 1. The van der Waals surface area contributed by atoms with E-state index in [1.165, 1.54) is 7.05 Å². The Bertz CT molecular complexity index is 820. The maximum atomic E-state index is 12.4. The number of nitrogens with one attached hydrogen (secondary N) is 3. The van der Waals surface area contributed by atoms with Gasteiger partial charge in [-0.25, -0.2) is 4.79 Å². The molecule has 2 rings (SSSR count). The highest BCUT2D eigenvalue weighted by Gasteiger charge is 2.19. The smallest absolute Gasteiger partial charge is 0.312 e. The SMILES string of the molecule is CNC(=O)c1cccc(NC(=O)CC(NC(N)=O)c2ccccc2C)c1. The van der Waals surface area contributed by atoms with Crippen LogP contribution in [0.1, 0.15) is 33.9 Å². The van der Waals surface area contributed by atoms with Crippen LogP contribution in [0, 0.1) is 6.92 Å². The summed E-state index contributed by atoms with van der Waals surface area (Å²) in [5, 5.41) is 7.88. The van der Waals surface area contributed by atoms with E-state index >= 15 is 0 Å². The molecule has 0 aromatic heterocycles. The molecule has 0 heterocycles. The highest BCUT2D eigenvalue weighted by Crippen LogP contribution is 2.21. The summed E-state index contributed by atoms with van der Waals surface area (Å²) in [5.41, 5.74) is 7.96. The molecule has 1 unspecified atom stereocenters. The molecule has 0 aliphatic rings. The first kappa shape index (κ1) is 19.0. The summed E-state index contributed by atoms with van der Waals surface area (Å²) in [6.45, 7) is 1.90. The number of hydrogen-bond acceptors (Lipinski definition) is 3. The molecule has 7 heteroatoms. The predicted octanol–water partition coefficient (Wildman–Crippen LogP) is 2.09. The third kappa shape index (κ3) is 5.07. The minimum absolute atomic E-state index is 0.0119. The molecular weight excluding hydrogens is 332 g/mol. The maximum absolute atomic E-state index is 12.4. The van der Waals surface area contributed by atoms with Crippen molar-refractivity contribution in [1.82, 2.24) is 10.6 Å². The largest absolute Gasteiger partial charge is 0.355 e. The number of nitrogens with two attached hydrogens (primary N) is 1. The summed E-state index contributed by atoms with van der Waals surface area (Å²) in [6, 6.07) is 12.8. The van der Waals surface area contributed by atoms with Gasteiger partial charge in [-0.15, -0.1) is 0 Å². The number of benzene rings is 2. The summed E-state index contributed by atoms with van der Waals surface area (Å²) in [5.74, 6) is -0.546. The molecule has 2 aromatic rings. The van der Waals surface area contributed by atoms with E-state index in [9.17, 15) is 14.4 Å². The molecule has 26 heavy (non-hydrogen) atoms. The first-order chi connectivity index (χ1) is 12.4. The van der Waals surface area contributed by atoms with Gasteiger partial charge in [0.25, 0.3) is 5.91 Å². The van der Waals surface area contributed by atoms with E-state index in [2.05, 4.69) is 16.0 Å². The molecule has 1 atom stereocenters. The van der Waals surface area contributed by atoms with Crippen LogP contribution >= 0.6 is 0 Å². The minimum Gasteiger partial charge on any atom is -0.355 e. The van der Waals surface area contributed by atoms with Crippen molar-refractivity contribution in [3.8, 4) is 0 Å². The zero-order valence-electron chi connectivity index (χ0n) is 14.7. The lowest BCUT2D eigenvalue weighted by Crippen LogP contribution is -2.35. The quantitative estimate of drug-likeness (QED) is 0.637. The number of primary amides is 1. The molecule has 4 amide bonds. The van der Waals surface area contributed by atoms with Gasteiger partial charge in [0.05, 0.1) is 12.5 Å². The van der Waals surface area contributed by atoms with Gasteiger partial charge >= 0.3 is 6.03 Å². The van der Waals surface area contributed by atoms with E-state index < -0.39 is 12.1 Å². The molecule has 0 aliphatic heterocycles. The van der Waals surface area contributed by atoms with Gasteiger partial charge in [-0.2, -0.15) is 0 Å². The van der Waals surface area contributed by atoms with E-state index in [-0.39, 0.29) is 18.2 Å². The van der Waals surface area contributed by atoms with Gasteiger partial charge in [0.2, 0.25) is 5.91 Å². The predicted molar refractivity (Wildman–Crippen MR) is 99.7 cm³/mol. The molecule has 0 saturated heterocycles. The fourth-order valence-corrected chi connectivity index (χ4v) is 2.67. The summed E-state index contributed by atoms with van der Waals surface area (Å²) in [7, 11) is 1.54. The van der Waals surface area contributed by atoms with Gasteiger partial charge < -0.3 is 21.7 Å². The van der Waals surface area contributed by atoms with Crippen LogP contribution in [0.15, 0.2) is 48.5 Å². The Labute approximate surface area is 152 Å². The monoisotopic (exact) mass is 354 g/mol. The van der Waals surface area contributed by atoms with E-state index in [1.807, 2.05) is 31.2 Å². The molecule has 0 spiro atoms. The number of aryl methyl sites for hydroxylation is 1. The van der Waals surface area contributed by atoms with E-state index in [4.69, 9.17) is 5.73 Å². The lowest BCUT2D eigenvalue weighted by Gasteiger charge is -2.19. The van der Waals surface area contributed by atoms with Crippen molar-refractivity contribution in [2.24, 2.45) is 5.73 Å². The molecule has 0 fully saturated rings. The van der Waals surface area contributed by atoms with E-state index in [0.29, 0.717) is 11.3 Å². The Morgan fingerprint density at radius 3 is 2.46 bits per heavy atom. The molecule has 7 nitrogen and oxygen atoms in total. The van der Waals surface area contributed by atoms with Crippen molar-refractivity contribution < 1.29 is 14.4 Å². The Morgan fingerprint density at radius 2 is 1.81 bits per heavy atom. The van der Waals surface area contributed by atoms with Gasteiger partial charge in [-0.1, -0.05) is 30.3 Å². The molecule has 2 aromatic carbocycles. The topological polar surface area (TPSA) is 113 Å². The molecule has 0 bridgehead atoms. The van der Waals surface area contributed by atoms with Gasteiger partial charge in [0, 0.05) is 18.3 Å². The Balaban J connectivity index is 2.14. The van der Waals surface area contributed by atoms with Crippen LogP contribution in [0.5, 0.6) is 0 Å². The first-order valence-corrected chi connectivity index (χ1v) is 8.14. The van der Waals surface area contributed by atoms with Gasteiger partial charge in [-0.3, -0.25) is 9.59 Å². The second-order valence-corrected chi connectivity index (χ2v) is 5.83. The summed E-state index contributed by atoms with van der Waals surface area (Å²) < 4.78 is 0. The van der Waals surface area contributed by atoms with Crippen LogP contribution in [0.3, 0.4) is 0 Å². The second kappa shape index (κ2) is 8.66. The van der Waals surface area contributed by atoms with E-state index in [0.717, 1.165) is 11.1 Å². The summed E-state index contributed by atoms with van der Waals surface area (Å²) >= 11 is 0. The van der Waals surface area contributed by atoms with Gasteiger partial charge in [0.1, 0.15) is 0 Å². The minimum atomic E-state index is -0.701. The molecule has 5 N–H and O–H groups in total. The van der Waals surface area contributed by atoms with Crippen LogP contribution in [-0.4, -0.2) is 24.9 Å². The fraction of sp³-hybridized carbons (Fsp3) is 0.211. The number of amides is 4. The zero-order chi connectivity index (χ0) is 19.1. The van der Waals surface area contributed by atoms with Gasteiger partial charge in [0.15, 0.2) is 0 Å². The number of rotatable bonds is 6. The van der Waals surface area contributed by atoms with Crippen molar-refractivity contribution in [3.63, 3.8) is 0 Å². The Kier molecular flexibility index (Phi) is 6.32. The van der Waals surface area contributed by atoms with Crippen LogP contribution in [-0.2, 0) is 4.79 Å². The fourth-order valence-electron chi connectivity index (χ4n) is 2.67. The summed E-state index contributed by atoms with van der Waals surface area (Å²) in [4.78, 5) is 35.4. The van der Waals surface area contributed by atoms with Gasteiger partial charge in [-0.05, 0) is 36.2 Å². The lowest BCUT2D eigenvalue weighted by atomic mass is 9.98. The maximum Gasteiger partial charge on any atom is 0.312 e. The third-order valence-corrected chi connectivity index (χ3v) is 3.91. The molecule has 136 valence electrons. The average Bonchev–Trinajstić information content (AvgIpc) is 2.60. The van der Waals surface area contributed by atoms with Crippen LogP contribution in [0.4, 0.5) is 10.5 Å². The number of carbonyl (C=O) groups excluding carboxylic acids is 3. The van der Waals surface area contributed by atoms with Crippen molar-refractivity contribution in [1.29, 1.82) is 0 Å². The zero-order valence-corrected chi connectivity index (χ0v) is 14.7. The average molecular weight is 354 g/mol. The normalized spacial score (nSPS) is 11.3. The number of hydrogen-bond donors (Lipinski definition) is 4. The van der Waals surface area contributed by atoms with Crippen LogP contribution < -0.4 is 21.7 Å². The van der Waals surface area contributed by atoms with Crippen LogP contribution in [0.2, 0.25) is 0 Å². The van der Waals surface area contributed by atoms with Crippen molar-refractivity contribution in [2.75, 3.05) is 12.4 Å². The first-order valence-electron chi connectivity index (χ1n) is 8.14. The van der Waals surface area contributed by atoms with Crippen molar-refractivity contribution in [2.45, 2.75) is 19.4 Å².